The van der Waals surface area contributed by atoms with Gasteiger partial charge in [0.2, 0.25) is 0 Å². The van der Waals surface area contributed by atoms with Crippen LogP contribution in [0.2, 0.25) is 0 Å². The molecule has 10 heteroatoms. The lowest BCUT2D eigenvalue weighted by molar-refractivity contribution is -0.197. The Hall–Kier alpha value is -2.46. The summed E-state index contributed by atoms with van der Waals surface area (Å²) in [6.45, 7) is 8.71. The molecule has 1 aliphatic heterocycles. The van der Waals surface area contributed by atoms with Crippen molar-refractivity contribution in [3.63, 3.8) is 0 Å². The third-order valence-electron chi connectivity index (χ3n) is 5.33. The van der Waals surface area contributed by atoms with Gasteiger partial charge in [0, 0.05) is 37.5 Å². The maximum Gasteiger partial charge on any atom is 0.333 e. The lowest BCUT2D eigenvalue weighted by Crippen LogP contribution is -2.33. The molecule has 0 spiro atoms. The van der Waals surface area contributed by atoms with Gasteiger partial charge in [-0.25, -0.2) is 4.79 Å². The van der Waals surface area contributed by atoms with E-state index in [0.29, 0.717) is 18.0 Å². The molecule has 1 aromatic carbocycles. The molecule has 1 fully saturated rings. The molecule has 2 amide bonds. The van der Waals surface area contributed by atoms with Crippen LogP contribution in [-0.2, 0) is 29.3 Å². The van der Waals surface area contributed by atoms with Gasteiger partial charge in [-0.1, -0.05) is 20.3 Å². The molecule has 32 heavy (non-hydrogen) atoms. The van der Waals surface area contributed by atoms with Crippen LogP contribution in [0.5, 0.6) is 0 Å². The van der Waals surface area contributed by atoms with Crippen LogP contribution >= 0.6 is 0 Å². The van der Waals surface area contributed by atoms with Gasteiger partial charge in [0.25, 0.3) is 21.9 Å². The Balaban J connectivity index is 1.93. The second-order valence-electron chi connectivity index (χ2n) is 8.49. The number of anilines is 1. The summed E-state index contributed by atoms with van der Waals surface area (Å²) in [6.07, 6.45) is 2.32. The van der Waals surface area contributed by atoms with E-state index in [2.05, 4.69) is 4.90 Å². The van der Waals surface area contributed by atoms with Crippen LogP contribution in [0, 0.1) is 0 Å². The van der Waals surface area contributed by atoms with Gasteiger partial charge >= 0.3 is 5.97 Å². The minimum atomic E-state index is -4.28. The standard InChI is InChI=1S/C22H32N2O7S/c1-15(2)18-14-17(32(28,29)30)9-10-19(18)23(16(3)4)13-7-5-6-8-22(27)31-24-20(25)11-12-21(24)26/h9-10,14-16H,5-8,11-13H2,1-4H3,(H,28,29,30). The molecule has 0 bridgehead atoms. The molecular formula is C22H32N2O7S. The summed E-state index contributed by atoms with van der Waals surface area (Å²) in [7, 11) is -4.28. The van der Waals surface area contributed by atoms with Gasteiger partial charge < -0.3 is 9.74 Å². The van der Waals surface area contributed by atoms with E-state index < -0.39 is 27.9 Å². The predicted molar refractivity (Wildman–Crippen MR) is 118 cm³/mol. The highest BCUT2D eigenvalue weighted by Gasteiger charge is 2.32. The number of carbonyl (C=O) groups excluding carboxylic acids is 3. The molecule has 178 valence electrons. The van der Waals surface area contributed by atoms with Gasteiger partial charge in [-0.15, -0.1) is 5.06 Å². The van der Waals surface area contributed by atoms with Crippen molar-refractivity contribution in [3.05, 3.63) is 23.8 Å². The average Bonchev–Trinajstić information content (AvgIpc) is 3.01. The summed E-state index contributed by atoms with van der Waals surface area (Å²) in [5.41, 5.74) is 1.74. The number of amides is 2. The highest BCUT2D eigenvalue weighted by atomic mass is 32.2. The zero-order valence-corrected chi connectivity index (χ0v) is 19.9. The Morgan fingerprint density at radius 2 is 1.72 bits per heavy atom. The van der Waals surface area contributed by atoms with E-state index in [1.165, 1.54) is 12.1 Å². The van der Waals surface area contributed by atoms with Gasteiger partial charge in [0.1, 0.15) is 0 Å². The van der Waals surface area contributed by atoms with E-state index in [9.17, 15) is 27.4 Å². The fraction of sp³-hybridized carbons (Fsp3) is 0.591. The molecule has 0 radical (unpaired) electrons. The number of rotatable bonds is 11. The molecule has 1 N–H and O–H groups in total. The monoisotopic (exact) mass is 468 g/mol. The Kier molecular flexibility index (Phi) is 8.80. The molecular weight excluding hydrogens is 436 g/mol. The largest absolute Gasteiger partial charge is 0.369 e. The number of imide groups is 1. The van der Waals surface area contributed by atoms with Crippen molar-refractivity contribution >= 4 is 33.6 Å². The van der Waals surface area contributed by atoms with Crippen molar-refractivity contribution in [3.8, 4) is 0 Å². The number of hydrogen-bond acceptors (Lipinski definition) is 7. The van der Waals surface area contributed by atoms with Crippen LogP contribution in [0.15, 0.2) is 23.1 Å². The zero-order valence-electron chi connectivity index (χ0n) is 19.0. The minimum absolute atomic E-state index is 0.0544. The van der Waals surface area contributed by atoms with Gasteiger partial charge in [0.05, 0.1) is 4.90 Å². The van der Waals surface area contributed by atoms with Crippen molar-refractivity contribution in [2.24, 2.45) is 0 Å². The van der Waals surface area contributed by atoms with Crippen molar-refractivity contribution in [2.45, 2.75) is 83.1 Å². The Bertz CT molecular complexity index is 941. The Labute approximate surface area is 189 Å². The smallest absolute Gasteiger partial charge is 0.333 e. The minimum Gasteiger partial charge on any atom is -0.369 e. The summed E-state index contributed by atoms with van der Waals surface area (Å²) in [6, 6.07) is 4.80. The highest BCUT2D eigenvalue weighted by molar-refractivity contribution is 7.85. The van der Waals surface area contributed by atoms with Crippen LogP contribution in [0.25, 0.3) is 0 Å². The maximum absolute atomic E-state index is 11.9. The van der Waals surface area contributed by atoms with Crippen LogP contribution in [-0.4, -0.2) is 48.4 Å². The van der Waals surface area contributed by atoms with E-state index in [-0.39, 0.29) is 36.1 Å². The molecule has 0 saturated carbocycles. The number of carbonyl (C=O) groups is 3. The first kappa shape index (κ1) is 25.8. The van der Waals surface area contributed by atoms with E-state index >= 15 is 0 Å². The molecule has 0 aromatic heterocycles. The quantitative estimate of drug-likeness (QED) is 0.298. The van der Waals surface area contributed by atoms with Crippen LogP contribution < -0.4 is 4.90 Å². The van der Waals surface area contributed by atoms with Crippen molar-refractivity contribution in [1.29, 1.82) is 0 Å². The van der Waals surface area contributed by atoms with E-state index in [1.54, 1.807) is 6.07 Å². The molecule has 1 aromatic rings. The van der Waals surface area contributed by atoms with E-state index in [0.717, 1.165) is 24.1 Å². The van der Waals surface area contributed by atoms with Gasteiger partial charge in [-0.3, -0.25) is 14.1 Å². The van der Waals surface area contributed by atoms with Gasteiger partial charge in [-0.05, 0) is 56.4 Å². The number of hydroxylamine groups is 2. The normalized spacial score (nSPS) is 14.5. The molecule has 1 heterocycles. The number of nitrogens with zero attached hydrogens (tertiary/aromatic N) is 2. The molecule has 0 unspecified atom stereocenters. The Morgan fingerprint density at radius 1 is 1.09 bits per heavy atom. The molecule has 0 atom stereocenters. The second kappa shape index (κ2) is 10.9. The second-order valence-corrected chi connectivity index (χ2v) is 9.91. The Morgan fingerprint density at radius 3 is 2.25 bits per heavy atom. The van der Waals surface area contributed by atoms with Gasteiger partial charge in [-0.2, -0.15) is 8.42 Å². The topological polar surface area (TPSA) is 121 Å². The third kappa shape index (κ3) is 6.77. The van der Waals surface area contributed by atoms with Crippen LogP contribution in [0.1, 0.15) is 77.7 Å². The zero-order chi connectivity index (χ0) is 24.1. The SMILES string of the molecule is CC(C)c1cc(S(=O)(=O)O)ccc1N(CCCCCC(=O)ON1C(=O)CCC1=O)C(C)C. The third-order valence-corrected chi connectivity index (χ3v) is 6.18. The molecule has 0 aliphatic carbocycles. The first-order chi connectivity index (χ1) is 14.9. The van der Waals surface area contributed by atoms with Crippen molar-refractivity contribution < 1.29 is 32.2 Å². The van der Waals surface area contributed by atoms with Gasteiger partial charge in [0.15, 0.2) is 0 Å². The van der Waals surface area contributed by atoms with E-state index in [4.69, 9.17) is 4.84 Å². The molecule has 1 saturated heterocycles. The lowest BCUT2D eigenvalue weighted by atomic mass is 9.99. The van der Waals surface area contributed by atoms with Crippen molar-refractivity contribution in [1.82, 2.24) is 5.06 Å². The number of unbranched alkanes of at least 4 members (excludes halogenated alkanes) is 2. The van der Waals surface area contributed by atoms with E-state index in [1.807, 2.05) is 27.7 Å². The lowest BCUT2D eigenvalue weighted by Gasteiger charge is -2.32. The highest BCUT2D eigenvalue weighted by Crippen LogP contribution is 2.31. The fourth-order valence-electron chi connectivity index (χ4n) is 3.61. The first-order valence-electron chi connectivity index (χ1n) is 10.9. The summed E-state index contributed by atoms with van der Waals surface area (Å²) in [4.78, 5) is 41.8. The predicted octanol–water partition coefficient (Wildman–Crippen LogP) is 3.44. The summed E-state index contributed by atoms with van der Waals surface area (Å²) >= 11 is 0. The summed E-state index contributed by atoms with van der Waals surface area (Å²) in [5, 5.41) is 0.562. The average molecular weight is 469 g/mol. The van der Waals surface area contributed by atoms with Crippen molar-refractivity contribution in [2.75, 3.05) is 11.4 Å². The first-order valence-corrected chi connectivity index (χ1v) is 12.3. The molecule has 2 rings (SSSR count). The summed E-state index contributed by atoms with van der Waals surface area (Å²) in [5.74, 6) is -1.52. The molecule has 9 nitrogen and oxygen atoms in total. The van der Waals surface area contributed by atoms with Crippen LogP contribution in [0.4, 0.5) is 5.69 Å². The maximum atomic E-state index is 11.9. The molecule has 1 aliphatic rings. The summed E-state index contributed by atoms with van der Waals surface area (Å²) < 4.78 is 32.4. The fourth-order valence-corrected chi connectivity index (χ4v) is 4.12. The number of hydrogen-bond donors (Lipinski definition) is 1. The van der Waals surface area contributed by atoms with Crippen LogP contribution in [0.3, 0.4) is 0 Å². The number of benzene rings is 1.